The van der Waals surface area contributed by atoms with Crippen LogP contribution in [0.4, 0.5) is 0 Å². The number of carbonyl (C=O) groups excluding carboxylic acids is 6. The summed E-state index contributed by atoms with van der Waals surface area (Å²) < 4.78 is 0. The maximum Gasteiger partial charge on any atom is 0.243 e. The lowest BCUT2D eigenvalue weighted by atomic mass is 9.95. The van der Waals surface area contributed by atoms with Crippen LogP contribution < -0.4 is 32.3 Å². The topological polar surface area (TPSA) is 209 Å². The number of hydrogen-bond acceptors (Lipinski definition) is 7. The largest absolute Gasteiger partial charge is 0.390 e. The van der Waals surface area contributed by atoms with Crippen molar-refractivity contribution in [1.82, 2.24) is 26.6 Å². The van der Waals surface area contributed by atoms with E-state index in [4.69, 9.17) is 5.73 Å². The van der Waals surface area contributed by atoms with Crippen molar-refractivity contribution in [2.75, 3.05) is 0 Å². The van der Waals surface area contributed by atoms with Crippen LogP contribution in [0.3, 0.4) is 0 Å². The maximum atomic E-state index is 13.8. The van der Waals surface area contributed by atoms with Gasteiger partial charge in [0.25, 0.3) is 0 Å². The van der Waals surface area contributed by atoms with Crippen LogP contribution in [0.5, 0.6) is 0 Å². The van der Waals surface area contributed by atoms with Gasteiger partial charge in [-0.2, -0.15) is 0 Å². The van der Waals surface area contributed by atoms with Crippen LogP contribution in [0, 0.1) is 11.8 Å². The first kappa shape index (κ1) is 44.9. The SMILES string of the molecule is CC[C@H](NC(=O)C[C@H](O)[C@H](CC(C)C)NC(=O)[C@@H](NC(=O)[C@H](Cc1cccc2ccccc12)NC(C)=O)C(C)C)C(=O)N[C@@H](Cc1cccc2ccccc12)C(N)=O. The first-order valence-electron chi connectivity index (χ1n) is 20.0. The molecule has 13 nitrogen and oxygen atoms in total. The van der Waals surface area contributed by atoms with Gasteiger partial charge in [-0.25, -0.2) is 0 Å². The Balaban J connectivity index is 1.41. The van der Waals surface area contributed by atoms with Crippen molar-refractivity contribution in [1.29, 1.82) is 0 Å². The second-order valence-electron chi connectivity index (χ2n) is 15.7. The highest BCUT2D eigenvalue weighted by Crippen LogP contribution is 2.22. The zero-order chi connectivity index (χ0) is 42.5. The molecule has 4 rings (SSSR count). The second kappa shape index (κ2) is 21.1. The molecule has 4 aromatic rings. The number of rotatable bonds is 20. The average Bonchev–Trinajstić information content (AvgIpc) is 3.17. The van der Waals surface area contributed by atoms with Crippen LogP contribution in [-0.2, 0) is 41.6 Å². The smallest absolute Gasteiger partial charge is 0.243 e. The summed E-state index contributed by atoms with van der Waals surface area (Å²) in [5, 5.41) is 28.9. The molecular formula is C45H58N6O7. The van der Waals surface area contributed by atoms with E-state index >= 15 is 0 Å². The lowest BCUT2D eigenvalue weighted by Crippen LogP contribution is -2.58. The van der Waals surface area contributed by atoms with E-state index < -0.39 is 78.2 Å². The van der Waals surface area contributed by atoms with Crippen LogP contribution in [0.2, 0.25) is 0 Å². The second-order valence-corrected chi connectivity index (χ2v) is 15.7. The fraction of sp³-hybridized carbons (Fsp3) is 0.422. The summed E-state index contributed by atoms with van der Waals surface area (Å²) in [6.07, 6.45) is -0.953. The normalized spacial score (nSPS) is 14.5. The Hall–Kier alpha value is -5.82. The quantitative estimate of drug-likeness (QED) is 0.0707. The minimum Gasteiger partial charge on any atom is -0.390 e. The molecule has 0 saturated carbocycles. The number of aliphatic hydroxyl groups excluding tert-OH is 1. The Labute approximate surface area is 340 Å². The van der Waals surface area contributed by atoms with Gasteiger partial charge in [0.1, 0.15) is 24.2 Å². The van der Waals surface area contributed by atoms with E-state index in [1.54, 1.807) is 20.8 Å². The fourth-order valence-corrected chi connectivity index (χ4v) is 7.15. The minimum atomic E-state index is -1.35. The summed E-state index contributed by atoms with van der Waals surface area (Å²) in [4.78, 5) is 78.9. The van der Waals surface area contributed by atoms with Crippen molar-refractivity contribution >= 4 is 57.0 Å². The molecule has 0 aliphatic carbocycles. The third-order valence-corrected chi connectivity index (χ3v) is 10.2. The molecule has 6 atom stereocenters. The van der Waals surface area contributed by atoms with Gasteiger partial charge in [0.2, 0.25) is 35.4 Å². The predicted octanol–water partition coefficient (Wildman–Crippen LogP) is 3.57. The third kappa shape index (κ3) is 12.6. The number of primary amides is 1. The van der Waals surface area contributed by atoms with Gasteiger partial charge in [-0.1, -0.05) is 120 Å². The maximum absolute atomic E-state index is 13.8. The fourth-order valence-electron chi connectivity index (χ4n) is 7.15. The Kier molecular flexibility index (Phi) is 16.3. The summed E-state index contributed by atoms with van der Waals surface area (Å²) in [6.45, 7) is 10.4. The number of aliphatic hydroxyl groups is 1. The molecule has 58 heavy (non-hydrogen) atoms. The number of benzene rings is 4. The van der Waals surface area contributed by atoms with Crippen LogP contribution in [0.25, 0.3) is 21.5 Å². The van der Waals surface area contributed by atoms with Gasteiger partial charge in [-0.15, -0.1) is 0 Å². The van der Waals surface area contributed by atoms with Crippen molar-refractivity contribution in [3.63, 3.8) is 0 Å². The molecule has 310 valence electrons. The zero-order valence-electron chi connectivity index (χ0n) is 34.2. The molecule has 0 aliphatic heterocycles. The summed E-state index contributed by atoms with van der Waals surface area (Å²) in [6, 6.07) is 21.9. The summed E-state index contributed by atoms with van der Waals surface area (Å²) in [7, 11) is 0. The molecule has 0 bridgehead atoms. The monoisotopic (exact) mass is 794 g/mol. The molecule has 13 heteroatoms. The first-order chi connectivity index (χ1) is 27.6. The minimum absolute atomic E-state index is 0.00146. The van der Waals surface area contributed by atoms with E-state index in [1.807, 2.05) is 98.8 Å². The predicted molar refractivity (Wildman–Crippen MR) is 225 cm³/mol. The zero-order valence-corrected chi connectivity index (χ0v) is 34.2. The van der Waals surface area contributed by atoms with E-state index in [-0.39, 0.29) is 31.1 Å². The lowest BCUT2D eigenvalue weighted by Gasteiger charge is -2.30. The van der Waals surface area contributed by atoms with Crippen molar-refractivity contribution < 1.29 is 33.9 Å². The Bertz CT molecular complexity index is 2070. The number of hydrogen-bond donors (Lipinski definition) is 7. The molecule has 8 N–H and O–H groups in total. The van der Waals surface area contributed by atoms with Gasteiger partial charge in [0.05, 0.1) is 18.6 Å². The van der Waals surface area contributed by atoms with E-state index in [9.17, 15) is 33.9 Å². The van der Waals surface area contributed by atoms with Crippen LogP contribution in [-0.4, -0.2) is 76.9 Å². The van der Waals surface area contributed by atoms with E-state index in [2.05, 4.69) is 26.6 Å². The average molecular weight is 795 g/mol. The molecule has 0 saturated heterocycles. The molecular weight excluding hydrogens is 737 g/mol. The Morgan fingerprint density at radius 2 is 1.14 bits per heavy atom. The van der Waals surface area contributed by atoms with Gasteiger partial charge in [-0.3, -0.25) is 28.8 Å². The lowest BCUT2D eigenvalue weighted by molar-refractivity contribution is -0.134. The standard InChI is InChI=1S/C45H58N6O7/c1-7-35(43(56)50-37(42(46)55)23-31-18-12-16-29-14-8-10-20-33(29)31)48-40(54)25-39(53)36(22-26(2)3)49-45(58)41(27(4)5)51-44(57)38(47-28(6)52)24-32-19-13-17-30-15-9-11-21-34(30)32/h8-21,26-27,35-39,41,53H,7,22-25H2,1-6H3,(H2,46,55)(H,47,52)(H,48,54)(H,49,58)(H,50,56)(H,51,57)/t35-,36-,37-,38-,39-,41-/m0/s1. The van der Waals surface area contributed by atoms with Crippen molar-refractivity contribution in [2.45, 2.75) is 110 Å². The highest BCUT2D eigenvalue weighted by Gasteiger charge is 2.33. The van der Waals surface area contributed by atoms with Gasteiger partial charge in [-0.05, 0) is 57.3 Å². The number of nitrogens with one attached hydrogen (secondary N) is 5. The van der Waals surface area contributed by atoms with Crippen molar-refractivity contribution in [3.8, 4) is 0 Å². The summed E-state index contributed by atoms with van der Waals surface area (Å²) in [5.41, 5.74) is 7.38. The molecule has 6 amide bonds. The third-order valence-electron chi connectivity index (χ3n) is 10.2. The molecule has 0 radical (unpaired) electrons. The van der Waals surface area contributed by atoms with E-state index in [1.165, 1.54) is 6.92 Å². The molecule has 0 aliphatic rings. The number of fused-ring (bicyclic) bond motifs is 2. The van der Waals surface area contributed by atoms with Crippen molar-refractivity contribution in [2.24, 2.45) is 17.6 Å². The van der Waals surface area contributed by atoms with Crippen molar-refractivity contribution in [3.05, 3.63) is 96.1 Å². The summed E-state index contributed by atoms with van der Waals surface area (Å²) in [5.74, 6) is -3.85. The highest BCUT2D eigenvalue weighted by atomic mass is 16.3. The molecule has 4 aromatic carbocycles. The van der Waals surface area contributed by atoms with Gasteiger partial charge >= 0.3 is 0 Å². The number of amides is 6. The Morgan fingerprint density at radius 1 is 0.621 bits per heavy atom. The first-order valence-corrected chi connectivity index (χ1v) is 20.0. The molecule has 0 aromatic heterocycles. The van der Waals surface area contributed by atoms with Crippen LogP contribution in [0.15, 0.2) is 84.9 Å². The number of carbonyl (C=O) groups is 6. The van der Waals surface area contributed by atoms with Gasteiger partial charge in [0.15, 0.2) is 0 Å². The molecule has 0 heterocycles. The summed E-state index contributed by atoms with van der Waals surface area (Å²) >= 11 is 0. The molecule has 0 spiro atoms. The molecule has 0 fully saturated rings. The van der Waals surface area contributed by atoms with Crippen LogP contribution >= 0.6 is 0 Å². The molecule has 0 unspecified atom stereocenters. The van der Waals surface area contributed by atoms with E-state index in [0.29, 0.717) is 6.42 Å². The number of nitrogens with two attached hydrogens (primary N) is 1. The Morgan fingerprint density at radius 3 is 1.64 bits per heavy atom. The highest BCUT2D eigenvalue weighted by molar-refractivity contribution is 5.94. The van der Waals surface area contributed by atoms with Gasteiger partial charge in [0, 0.05) is 19.8 Å². The van der Waals surface area contributed by atoms with Gasteiger partial charge < -0.3 is 37.4 Å². The van der Waals surface area contributed by atoms with E-state index in [0.717, 1.165) is 32.7 Å². The van der Waals surface area contributed by atoms with Crippen LogP contribution in [0.1, 0.15) is 71.9 Å².